The van der Waals surface area contributed by atoms with Crippen LogP contribution in [0.5, 0.6) is 11.5 Å². The number of ether oxygens (including phenoxy) is 2. The molecule has 0 aliphatic heterocycles. The molecule has 0 bridgehead atoms. The second-order valence-electron chi connectivity index (χ2n) is 11.0. The summed E-state index contributed by atoms with van der Waals surface area (Å²) in [5.41, 5.74) is 4.31. The summed E-state index contributed by atoms with van der Waals surface area (Å²) in [6.07, 6.45) is -0.252. The Bertz CT molecular complexity index is 1670. The Morgan fingerprint density at radius 2 is 1.57 bits per heavy atom. The number of carbonyl (C=O) groups excluding carboxylic acids is 2. The Hall–Kier alpha value is -3.73. The molecule has 3 aromatic carbocycles. The number of rotatable bonds is 14. The number of aliphatic hydroxyl groups is 2. The minimum Gasteiger partial charge on any atom is -0.550 e. The first-order valence-corrected chi connectivity index (χ1v) is 14.6. The van der Waals surface area contributed by atoms with Gasteiger partial charge < -0.3 is 34.2 Å². The number of carbonyl (C=O) groups is 2. The van der Waals surface area contributed by atoms with Crippen LogP contribution in [0.2, 0.25) is 0 Å². The topological polar surface area (TPSA) is 121 Å². The molecule has 0 amide bonds. The summed E-state index contributed by atoms with van der Waals surface area (Å²) >= 11 is 0. The molecule has 10 heteroatoms. The molecule has 0 radical (unpaired) electrons. The van der Waals surface area contributed by atoms with Crippen LogP contribution in [-0.4, -0.2) is 53.0 Å². The Balaban J connectivity index is 0.00000576. The minimum absolute atomic E-state index is 0. The number of halogens is 1. The third kappa shape index (κ3) is 8.54. The first-order valence-electron chi connectivity index (χ1n) is 14.6. The van der Waals surface area contributed by atoms with E-state index in [0.29, 0.717) is 45.1 Å². The molecule has 0 saturated heterocycles. The van der Waals surface area contributed by atoms with E-state index in [0.717, 1.165) is 5.56 Å². The normalized spacial score (nSPS) is 12.5. The number of carboxylic acid groups (broad SMARTS) is 1. The van der Waals surface area contributed by atoms with E-state index in [2.05, 4.69) is 0 Å². The molecule has 1 aromatic heterocycles. The summed E-state index contributed by atoms with van der Waals surface area (Å²) in [6.45, 7) is 3.87. The Morgan fingerprint density at radius 1 is 0.913 bits per heavy atom. The number of aliphatic hydroxyl groups excluding tert-OH is 2. The number of Topliss-reactive ketones (excluding diaryl/α,β-unsaturated/α-hetero) is 1. The smallest absolute Gasteiger partial charge is 0.550 e. The fraction of sp³-hybridized carbons (Fsp3) is 0.278. The van der Waals surface area contributed by atoms with Crippen molar-refractivity contribution in [3.8, 4) is 33.8 Å². The molecule has 236 valence electrons. The maximum atomic E-state index is 14.5. The Morgan fingerprint density at radius 3 is 2.15 bits per heavy atom. The van der Waals surface area contributed by atoms with Crippen LogP contribution in [0.1, 0.15) is 54.5 Å². The summed E-state index contributed by atoms with van der Waals surface area (Å²) < 4.78 is 27.1. The zero-order valence-electron chi connectivity index (χ0n) is 26.7. The van der Waals surface area contributed by atoms with Gasteiger partial charge in [-0.1, -0.05) is 60.7 Å². The van der Waals surface area contributed by atoms with Crippen LogP contribution in [0, 0.1) is 5.82 Å². The minimum atomic E-state index is -1.42. The van der Waals surface area contributed by atoms with Gasteiger partial charge in [-0.3, -0.25) is 4.79 Å². The van der Waals surface area contributed by atoms with Crippen molar-refractivity contribution in [3.63, 3.8) is 0 Å². The summed E-state index contributed by atoms with van der Waals surface area (Å²) in [4.78, 5) is 25.4. The zero-order chi connectivity index (χ0) is 32.7. The summed E-state index contributed by atoms with van der Waals surface area (Å²) in [7, 11) is 3.04. The van der Waals surface area contributed by atoms with Crippen LogP contribution in [0.25, 0.3) is 28.3 Å². The van der Waals surface area contributed by atoms with Crippen LogP contribution in [0.15, 0.2) is 78.9 Å². The summed E-state index contributed by atoms with van der Waals surface area (Å²) in [5.74, 6) is -1.10. The van der Waals surface area contributed by atoms with Crippen molar-refractivity contribution < 1.29 is 68.3 Å². The predicted molar refractivity (Wildman–Crippen MR) is 169 cm³/mol. The molecular weight excluding hydrogens is 600 g/mol. The number of carboxylic acids is 1. The fourth-order valence-electron chi connectivity index (χ4n) is 5.56. The van der Waals surface area contributed by atoms with Crippen molar-refractivity contribution in [2.45, 2.75) is 51.4 Å². The SMILES string of the molecule is COc1cccc(CC(=O)c2c(-c3ccccc3)c(-c3ccc(F)cc3)c(C=C[C@@H](O)C[C@@H](O)CC(=O)[O-])n2C(C)C)c1OC.[Na+]. The molecule has 2 atom stereocenters. The molecule has 4 rings (SSSR count). The largest absolute Gasteiger partial charge is 1.00 e. The number of aliphatic carboxylic acids is 1. The van der Waals surface area contributed by atoms with Gasteiger partial charge >= 0.3 is 29.6 Å². The molecule has 0 saturated carbocycles. The van der Waals surface area contributed by atoms with Gasteiger partial charge in [-0.15, -0.1) is 0 Å². The Labute approximate surface area is 290 Å². The number of aromatic nitrogens is 1. The zero-order valence-corrected chi connectivity index (χ0v) is 28.7. The molecule has 4 aromatic rings. The first kappa shape index (κ1) is 36.7. The number of para-hydroxylation sites is 1. The standard InChI is InChI=1S/C36H38FNO7.Na/c1-22(2)38-29(18-17-27(39)20-28(40)21-32(42)43)33(24-13-15-26(37)16-14-24)34(23-9-6-5-7-10-23)35(38)30(41)19-25-11-8-12-31(44-3)36(25)45-4;/h5-18,22,27-28,39-40H,19-21H2,1-4H3,(H,42,43);/q;+1/p-1/t27-,28-;/m1./s1. The average Bonchev–Trinajstić information content (AvgIpc) is 3.35. The molecule has 0 aliphatic rings. The molecule has 0 fully saturated rings. The Kier molecular flexibility index (Phi) is 13.4. The third-order valence-electron chi connectivity index (χ3n) is 7.45. The van der Waals surface area contributed by atoms with Gasteiger partial charge in [0.2, 0.25) is 0 Å². The molecule has 0 spiro atoms. The maximum Gasteiger partial charge on any atom is 1.00 e. The number of hydrogen-bond donors (Lipinski definition) is 2. The third-order valence-corrected chi connectivity index (χ3v) is 7.45. The quantitative estimate of drug-likeness (QED) is 0.161. The molecule has 0 unspecified atom stereocenters. The van der Waals surface area contributed by atoms with Crippen molar-refractivity contribution in [2.75, 3.05) is 14.2 Å². The van der Waals surface area contributed by atoms with E-state index in [9.17, 15) is 29.3 Å². The van der Waals surface area contributed by atoms with E-state index >= 15 is 0 Å². The van der Waals surface area contributed by atoms with Gasteiger partial charge in [-0.2, -0.15) is 0 Å². The van der Waals surface area contributed by atoms with E-state index in [1.807, 2.05) is 48.7 Å². The van der Waals surface area contributed by atoms with E-state index < -0.39 is 30.4 Å². The number of ketones is 1. The number of methoxy groups -OCH3 is 2. The van der Waals surface area contributed by atoms with Gasteiger partial charge in [0.25, 0.3) is 0 Å². The van der Waals surface area contributed by atoms with Crippen LogP contribution in [-0.2, 0) is 11.2 Å². The average molecular weight is 638 g/mol. The van der Waals surface area contributed by atoms with Crippen molar-refractivity contribution in [2.24, 2.45) is 0 Å². The van der Waals surface area contributed by atoms with Crippen molar-refractivity contribution in [1.82, 2.24) is 4.57 Å². The number of benzene rings is 3. The van der Waals surface area contributed by atoms with Crippen LogP contribution in [0.3, 0.4) is 0 Å². The van der Waals surface area contributed by atoms with E-state index in [-0.39, 0.29) is 54.2 Å². The van der Waals surface area contributed by atoms with E-state index in [4.69, 9.17) is 9.47 Å². The first-order chi connectivity index (χ1) is 21.5. The van der Waals surface area contributed by atoms with Gasteiger partial charge in [0.15, 0.2) is 17.3 Å². The molecule has 1 heterocycles. The molecule has 0 aliphatic carbocycles. The predicted octanol–water partition coefficient (Wildman–Crippen LogP) is 2.25. The number of nitrogens with zero attached hydrogens (tertiary/aromatic N) is 1. The second-order valence-corrected chi connectivity index (χ2v) is 11.0. The van der Waals surface area contributed by atoms with E-state index in [1.54, 1.807) is 36.4 Å². The van der Waals surface area contributed by atoms with Gasteiger partial charge in [0.05, 0.1) is 32.1 Å². The van der Waals surface area contributed by atoms with Gasteiger partial charge in [-0.25, -0.2) is 4.39 Å². The number of hydrogen-bond acceptors (Lipinski definition) is 7. The van der Waals surface area contributed by atoms with Crippen molar-refractivity contribution in [1.29, 1.82) is 0 Å². The molecule has 46 heavy (non-hydrogen) atoms. The molecule has 8 nitrogen and oxygen atoms in total. The van der Waals surface area contributed by atoms with Gasteiger partial charge in [0, 0.05) is 53.7 Å². The monoisotopic (exact) mass is 637 g/mol. The second kappa shape index (κ2) is 16.7. The van der Waals surface area contributed by atoms with Gasteiger partial charge in [-0.05, 0) is 49.2 Å². The van der Waals surface area contributed by atoms with Crippen molar-refractivity contribution in [3.05, 3.63) is 102 Å². The summed E-state index contributed by atoms with van der Waals surface area (Å²) in [5, 5.41) is 31.7. The van der Waals surface area contributed by atoms with Crippen LogP contribution < -0.4 is 44.1 Å². The van der Waals surface area contributed by atoms with Crippen molar-refractivity contribution >= 4 is 17.8 Å². The van der Waals surface area contributed by atoms with E-state index in [1.165, 1.54) is 32.4 Å². The van der Waals surface area contributed by atoms with Crippen LogP contribution in [0.4, 0.5) is 4.39 Å². The molecule has 2 N–H and O–H groups in total. The maximum absolute atomic E-state index is 14.5. The summed E-state index contributed by atoms with van der Waals surface area (Å²) in [6, 6.07) is 20.5. The molecular formula is C36H37FNNaO7. The van der Waals surface area contributed by atoms with Crippen LogP contribution >= 0.6 is 0 Å². The van der Waals surface area contributed by atoms with Gasteiger partial charge in [0.1, 0.15) is 5.82 Å². The fourth-order valence-corrected chi connectivity index (χ4v) is 5.56.